The van der Waals surface area contributed by atoms with Gasteiger partial charge in [0.2, 0.25) is 10.0 Å². The number of rotatable bonds is 3. The number of hydrogen-bond donors (Lipinski definition) is 0. The monoisotopic (exact) mass is 440 g/mol. The molecule has 10 heteroatoms. The SMILES string of the molecule is O=C([C@@H]1Cc2ccccc2O1)N1CCN(S(=O)(=O)c2cccc(C(F)(F)F)c2)CC1. The lowest BCUT2D eigenvalue weighted by Crippen LogP contribution is -2.53. The molecule has 0 aromatic heterocycles. The molecule has 2 aromatic rings. The van der Waals surface area contributed by atoms with Crippen LogP contribution in [0, 0.1) is 0 Å². The highest BCUT2D eigenvalue weighted by molar-refractivity contribution is 7.89. The van der Waals surface area contributed by atoms with Crippen LogP contribution < -0.4 is 4.74 Å². The van der Waals surface area contributed by atoms with Crippen molar-refractivity contribution < 1.29 is 31.1 Å². The minimum atomic E-state index is -4.63. The van der Waals surface area contributed by atoms with Crippen LogP contribution in [0.25, 0.3) is 0 Å². The normalized spacial score (nSPS) is 20.0. The minimum Gasteiger partial charge on any atom is -0.480 e. The molecule has 6 nitrogen and oxygen atoms in total. The smallest absolute Gasteiger partial charge is 0.416 e. The van der Waals surface area contributed by atoms with Crippen molar-refractivity contribution in [3.8, 4) is 5.75 Å². The lowest BCUT2D eigenvalue weighted by atomic mass is 10.1. The second-order valence-corrected chi connectivity index (χ2v) is 9.11. The van der Waals surface area contributed by atoms with Gasteiger partial charge in [-0.2, -0.15) is 17.5 Å². The largest absolute Gasteiger partial charge is 0.480 e. The van der Waals surface area contributed by atoms with Crippen LogP contribution in [0.15, 0.2) is 53.4 Å². The molecule has 0 saturated carbocycles. The van der Waals surface area contributed by atoms with Gasteiger partial charge in [0.15, 0.2) is 6.10 Å². The fourth-order valence-electron chi connectivity index (χ4n) is 3.65. The van der Waals surface area contributed by atoms with Gasteiger partial charge in [0, 0.05) is 32.6 Å². The molecule has 2 aromatic carbocycles. The predicted octanol–water partition coefficient (Wildman–Crippen LogP) is 2.54. The standard InChI is InChI=1S/C20H19F3N2O4S/c21-20(22,23)15-5-3-6-16(13-15)30(27,28)25-10-8-24(9-11-25)19(26)18-12-14-4-1-2-7-17(14)29-18/h1-7,13,18H,8-12H2/t18-/m0/s1. The van der Waals surface area contributed by atoms with E-state index in [2.05, 4.69) is 0 Å². The van der Waals surface area contributed by atoms with Crippen molar-refractivity contribution in [3.63, 3.8) is 0 Å². The topological polar surface area (TPSA) is 66.9 Å². The summed E-state index contributed by atoms with van der Waals surface area (Å²) < 4.78 is 71.1. The first-order chi connectivity index (χ1) is 14.2. The summed E-state index contributed by atoms with van der Waals surface area (Å²) in [5.74, 6) is 0.448. The summed E-state index contributed by atoms with van der Waals surface area (Å²) in [5.41, 5.74) is -0.0723. The second-order valence-electron chi connectivity index (χ2n) is 7.17. The molecule has 1 saturated heterocycles. The number of ether oxygens (including phenoxy) is 1. The van der Waals surface area contributed by atoms with E-state index in [0.29, 0.717) is 18.2 Å². The van der Waals surface area contributed by atoms with Gasteiger partial charge in [-0.15, -0.1) is 0 Å². The molecule has 1 amide bonds. The average molecular weight is 440 g/mol. The molecule has 4 rings (SSSR count). The first-order valence-corrected chi connectivity index (χ1v) is 10.8. The maximum atomic E-state index is 12.9. The summed E-state index contributed by atoms with van der Waals surface area (Å²) in [4.78, 5) is 13.9. The molecule has 0 spiro atoms. The van der Waals surface area contributed by atoms with Crippen LogP contribution in [-0.2, 0) is 27.4 Å². The van der Waals surface area contributed by atoms with E-state index in [4.69, 9.17) is 4.74 Å². The molecular formula is C20H19F3N2O4S. The number of nitrogens with zero attached hydrogens (tertiary/aromatic N) is 2. The summed E-state index contributed by atoms with van der Waals surface area (Å²) in [5, 5.41) is 0. The fraction of sp³-hybridized carbons (Fsp3) is 0.350. The molecule has 0 bridgehead atoms. The van der Waals surface area contributed by atoms with Crippen molar-refractivity contribution in [3.05, 3.63) is 59.7 Å². The summed E-state index contributed by atoms with van der Waals surface area (Å²) in [6, 6.07) is 11.1. The molecular weight excluding hydrogens is 421 g/mol. The van der Waals surface area contributed by atoms with Gasteiger partial charge in [0.1, 0.15) is 5.75 Å². The Labute approximate surface area is 171 Å². The Morgan fingerprint density at radius 1 is 1.00 bits per heavy atom. The molecule has 0 radical (unpaired) electrons. The van der Waals surface area contributed by atoms with E-state index in [1.807, 2.05) is 18.2 Å². The van der Waals surface area contributed by atoms with E-state index < -0.39 is 32.8 Å². The van der Waals surface area contributed by atoms with E-state index in [9.17, 15) is 26.4 Å². The number of para-hydroxylation sites is 1. The molecule has 0 aliphatic carbocycles. The molecule has 1 fully saturated rings. The van der Waals surface area contributed by atoms with Gasteiger partial charge in [0.25, 0.3) is 5.91 Å². The van der Waals surface area contributed by atoms with Crippen molar-refractivity contribution in [1.82, 2.24) is 9.21 Å². The van der Waals surface area contributed by atoms with Gasteiger partial charge < -0.3 is 9.64 Å². The zero-order valence-electron chi connectivity index (χ0n) is 15.8. The van der Waals surface area contributed by atoms with Gasteiger partial charge in [-0.3, -0.25) is 4.79 Å². The van der Waals surface area contributed by atoms with E-state index in [0.717, 1.165) is 28.1 Å². The lowest BCUT2D eigenvalue weighted by Gasteiger charge is -2.35. The minimum absolute atomic E-state index is 0.00396. The summed E-state index contributed by atoms with van der Waals surface area (Å²) in [6.45, 7) is 0.300. The Morgan fingerprint density at radius 2 is 1.70 bits per heavy atom. The van der Waals surface area contributed by atoms with Crippen LogP contribution in [0.2, 0.25) is 0 Å². The van der Waals surface area contributed by atoms with E-state index in [1.165, 1.54) is 4.90 Å². The number of sulfonamides is 1. The second kappa shape index (κ2) is 7.59. The number of halogens is 3. The predicted molar refractivity (Wildman–Crippen MR) is 101 cm³/mol. The highest BCUT2D eigenvalue weighted by atomic mass is 32.2. The number of piperazine rings is 1. The number of benzene rings is 2. The maximum absolute atomic E-state index is 12.9. The van der Waals surface area contributed by atoms with Crippen molar-refractivity contribution in [2.75, 3.05) is 26.2 Å². The van der Waals surface area contributed by atoms with Gasteiger partial charge in [-0.05, 0) is 29.8 Å². The Kier molecular flexibility index (Phi) is 5.23. The third-order valence-electron chi connectivity index (χ3n) is 5.27. The Balaban J connectivity index is 1.41. The molecule has 2 aliphatic rings. The highest BCUT2D eigenvalue weighted by Crippen LogP contribution is 2.32. The van der Waals surface area contributed by atoms with Gasteiger partial charge >= 0.3 is 6.18 Å². The zero-order valence-corrected chi connectivity index (χ0v) is 16.6. The Morgan fingerprint density at radius 3 is 2.37 bits per heavy atom. The number of carbonyl (C=O) groups excluding carboxylic acids is 1. The van der Waals surface area contributed by atoms with E-state index >= 15 is 0 Å². The highest BCUT2D eigenvalue weighted by Gasteiger charge is 2.37. The fourth-order valence-corrected chi connectivity index (χ4v) is 5.12. The summed E-state index contributed by atoms with van der Waals surface area (Å²) >= 11 is 0. The van der Waals surface area contributed by atoms with Crippen LogP contribution in [0.3, 0.4) is 0 Å². The molecule has 2 heterocycles. The van der Waals surface area contributed by atoms with Crippen molar-refractivity contribution in [1.29, 1.82) is 0 Å². The van der Waals surface area contributed by atoms with Gasteiger partial charge in [0.05, 0.1) is 10.5 Å². The number of fused-ring (bicyclic) bond motifs is 1. The molecule has 1 atom stereocenters. The lowest BCUT2D eigenvalue weighted by molar-refractivity contribution is -0.139. The third-order valence-corrected chi connectivity index (χ3v) is 7.17. The van der Waals surface area contributed by atoms with Crippen LogP contribution in [0.4, 0.5) is 13.2 Å². The van der Waals surface area contributed by atoms with Crippen LogP contribution in [-0.4, -0.2) is 55.8 Å². The zero-order chi connectivity index (χ0) is 21.5. The number of amides is 1. The average Bonchev–Trinajstić information content (AvgIpc) is 3.17. The number of carbonyl (C=O) groups is 1. The number of hydrogen-bond acceptors (Lipinski definition) is 4. The van der Waals surface area contributed by atoms with Crippen molar-refractivity contribution >= 4 is 15.9 Å². The van der Waals surface area contributed by atoms with Crippen LogP contribution in [0.1, 0.15) is 11.1 Å². The Hall–Kier alpha value is -2.59. The van der Waals surface area contributed by atoms with E-state index in [1.54, 1.807) is 6.07 Å². The van der Waals surface area contributed by atoms with Crippen molar-refractivity contribution in [2.45, 2.75) is 23.6 Å². The van der Waals surface area contributed by atoms with Gasteiger partial charge in [-0.1, -0.05) is 24.3 Å². The summed E-state index contributed by atoms with van der Waals surface area (Å²) in [7, 11) is -4.09. The molecule has 160 valence electrons. The molecule has 2 aliphatic heterocycles. The van der Waals surface area contributed by atoms with Crippen LogP contribution in [0.5, 0.6) is 5.75 Å². The van der Waals surface area contributed by atoms with Crippen molar-refractivity contribution in [2.24, 2.45) is 0 Å². The van der Waals surface area contributed by atoms with E-state index in [-0.39, 0.29) is 32.1 Å². The quantitative estimate of drug-likeness (QED) is 0.736. The molecule has 0 N–H and O–H groups in total. The summed E-state index contributed by atoms with van der Waals surface area (Å²) in [6.07, 6.45) is -4.82. The number of alkyl halides is 3. The first-order valence-electron chi connectivity index (χ1n) is 9.37. The first kappa shape index (κ1) is 20.7. The third kappa shape index (κ3) is 3.89. The molecule has 0 unspecified atom stereocenters. The maximum Gasteiger partial charge on any atom is 0.416 e. The Bertz CT molecular complexity index is 1040. The van der Waals surface area contributed by atoms with Gasteiger partial charge in [-0.25, -0.2) is 8.42 Å². The van der Waals surface area contributed by atoms with Crippen LogP contribution >= 0.6 is 0 Å². The molecule has 30 heavy (non-hydrogen) atoms.